The predicted octanol–water partition coefficient (Wildman–Crippen LogP) is 3.25. The molecule has 0 unspecified atom stereocenters. The molecule has 2 aromatic heterocycles. The Morgan fingerprint density at radius 2 is 1.92 bits per heavy atom. The van der Waals surface area contributed by atoms with Crippen LogP contribution in [-0.4, -0.2) is 43.1 Å². The third-order valence-electron chi connectivity index (χ3n) is 5.92. The molecule has 25 heavy (non-hydrogen) atoms. The highest BCUT2D eigenvalue weighted by molar-refractivity contribution is 5.78. The van der Waals surface area contributed by atoms with E-state index in [9.17, 15) is 0 Å². The van der Waals surface area contributed by atoms with Crippen molar-refractivity contribution in [2.75, 3.05) is 13.1 Å². The summed E-state index contributed by atoms with van der Waals surface area (Å²) in [4.78, 5) is 12.2. The summed E-state index contributed by atoms with van der Waals surface area (Å²) in [5.74, 6) is 2.27. The lowest BCUT2D eigenvalue weighted by molar-refractivity contribution is 0.130. The number of aryl methyl sites for hydroxylation is 2. The van der Waals surface area contributed by atoms with Crippen molar-refractivity contribution in [3.8, 4) is 5.69 Å². The number of hydrogen-bond donors (Lipinski definition) is 0. The van der Waals surface area contributed by atoms with Crippen LogP contribution in [0.1, 0.15) is 36.6 Å². The molecular formula is C20H25N5. The number of benzene rings is 1. The molecule has 3 aromatic rings. The van der Waals surface area contributed by atoms with E-state index in [2.05, 4.69) is 50.3 Å². The quantitative estimate of drug-likeness (QED) is 0.722. The minimum atomic E-state index is 0.829. The van der Waals surface area contributed by atoms with Gasteiger partial charge in [0.05, 0.1) is 16.7 Å². The highest BCUT2D eigenvalue weighted by Gasteiger charge is 2.27. The Labute approximate surface area is 148 Å². The van der Waals surface area contributed by atoms with Crippen LogP contribution in [0.2, 0.25) is 0 Å². The first-order chi connectivity index (χ1) is 12.2. The van der Waals surface area contributed by atoms with Crippen molar-refractivity contribution in [2.24, 2.45) is 0 Å². The fourth-order valence-electron chi connectivity index (χ4n) is 4.34. The smallest absolute Gasteiger partial charge is 0.111 e. The van der Waals surface area contributed by atoms with Gasteiger partial charge in [-0.15, -0.1) is 0 Å². The van der Waals surface area contributed by atoms with E-state index < -0.39 is 0 Å². The van der Waals surface area contributed by atoms with Gasteiger partial charge < -0.3 is 9.13 Å². The summed E-state index contributed by atoms with van der Waals surface area (Å²) in [6.07, 6.45) is 7.33. The number of aromatic nitrogens is 4. The van der Waals surface area contributed by atoms with Crippen molar-refractivity contribution in [1.82, 2.24) is 24.0 Å². The van der Waals surface area contributed by atoms with Crippen LogP contribution in [0, 0.1) is 13.8 Å². The molecule has 5 rings (SSSR count). The monoisotopic (exact) mass is 335 g/mol. The molecule has 0 atom stereocenters. The third-order valence-corrected chi connectivity index (χ3v) is 5.92. The van der Waals surface area contributed by atoms with Crippen LogP contribution in [0.25, 0.3) is 16.7 Å². The summed E-state index contributed by atoms with van der Waals surface area (Å²) in [5.41, 5.74) is 4.57. The fourth-order valence-corrected chi connectivity index (χ4v) is 4.34. The van der Waals surface area contributed by atoms with Gasteiger partial charge in [-0.1, -0.05) is 6.42 Å². The van der Waals surface area contributed by atoms with Gasteiger partial charge in [-0.2, -0.15) is 0 Å². The van der Waals surface area contributed by atoms with Crippen molar-refractivity contribution in [3.63, 3.8) is 0 Å². The lowest BCUT2D eigenvalue weighted by atomic mass is 9.91. The Bertz CT molecular complexity index is 931. The number of imidazole rings is 2. The lowest BCUT2D eigenvalue weighted by Crippen LogP contribution is -2.41. The second-order valence-corrected chi connectivity index (χ2v) is 7.52. The zero-order valence-electron chi connectivity index (χ0n) is 15.1. The molecule has 0 spiro atoms. The number of hydrogen-bond acceptors (Lipinski definition) is 3. The summed E-state index contributed by atoms with van der Waals surface area (Å²) in [6, 6.07) is 7.46. The average Bonchev–Trinajstić information content (AvgIpc) is 2.99. The van der Waals surface area contributed by atoms with Crippen molar-refractivity contribution in [3.05, 3.63) is 41.7 Å². The average molecular weight is 335 g/mol. The van der Waals surface area contributed by atoms with E-state index in [1.807, 2.05) is 6.92 Å². The topological polar surface area (TPSA) is 38.9 Å². The van der Waals surface area contributed by atoms with Crippen LogP contribution < -0.4 is 0 Å². The minimum Gasteiger partial charge on any atom is -0.327 e. The molecule has 1 saturated carbocycles. The van der Waals surface area contributed by atoms with Gasteiger partial charge in [-0.3, -0.25) is 4.90 Å². The normalized spacial score (nSPS) is 19.0. The summed E-state index contributed by atoms with van der Waals surface area (Å²) in [6.45, 7) is 7.46. The first kappa shape index (κ1) is 15.1. The lowest BCUT2D eigenvalue weighted by Gasteiger charge is -2.36. The zero-order valence-corrected chi connectivity index (χ0v) is 15.1. The summed E-state index contributed by atoms with van der Waals surface area (Å²) in [5, 5.41) is 0. The molecule has 0 N–H and O–H groups in total. The Morgan fingerprint density at radius 1 is 1.04 bits per heavy atom. The van der Waals surface area contributed by atoms with E-state index in [0.29, 0.717) is 0 Å². The molecule has 1 aliphatic carbocycles. The molecule has 2 aliphatic rings. The van der Waals surface area contributed by atoms with E-state index in [-0.39, 0.29) is 0 Å². The molecule has 5 nitrogen and oxygen atoms in total. The van der Waals surface area contributed by atoms with Crippen LogP contribution >= 0.6 is 0 Å². The number of fused-ring (bicyclic) bond motifs is 3. The Balaban J connectivity index is 1.49. The molecule has 130 valence electrons. The molecule has 1 aromatic carbocycles. The Kier molecular flexibility index (Phi) is 3.45. The zero-order chi connectivity index (χ0) is 17.0. The molecule has 0 saturated heterocycles. The molecular weight excluding hydrogens is 310 g/mol. The van der Waals surface area contributed by atoms with E-state index in [1.54, 1.807) is 0 Å². The van der Waals surface area contributed by atoms with Gasteiger partial charge in [0.2, 0.25) is 0 Å². The van der Waals surface area contributed by atoms with Crippen molar-refractivity contribution in [1.29, 1.82) is 0 Å². The van der Waals surface area contributed by atoms with Gasteiger partial charge in [0, 0.05) is 44.0 Å². The summed E-state index contributed by atoms with van der Waals surface area (Å²) in [7, 11) is 0. The highest BCUT2D eigenvalue weighted by Crippen LogP contribution is 2.28. The molecule has 0 radical (unpaired) electrons. The standard InChI is InChI=1S/C20H25N5/c1-14-13-25(15(2)21-14)17-6-7-19-18(12-17)22-20-8-9-23(10-11-24(19)20)16-4-3-5-16/h6-7,12-13,16H,3-5,8-11H2,1-2H3. The van der Waals surface area contributed by atoms with Crippen LogP contribution in [-0.2, 0) is 13.0 Å². The third kappa shape index (κ3) is 2.49. The number of nitrogens with zero attached hydrogens (tertiary/aromatic N) is 5. The molecule has 1 fully saturated rings. The largest absolute Gasteiger partial charge is 0.327 e. The maximum atomic E-state index is 4.98. The van der Waals surface area contributed by atoms with Gasteiger partial charge in [0.25, 0.3) is 0 Å². The fraction of sp³-hybridized carbons (Fsp3) is 0.500. The van der Waals surface area contributed by atoms with Crippen molar-refractivity contribution < 1.29 is 0 Å². The molecule has 5 heteroatoms. The van der Waals surface area contributed by atoms with Gasteiger partial charge in [-0.05, 0) is 44.9 Å². The first-order valence-corrected chi connectivity index (χ1v) is 9.45. The molecule has 3 heterocycles. The van der Waals surface area contributed by atoms with Gasteiger partial charge in [0.1, 0.15) is 11.6 Å². The molecule has 1 aliphatic heterocycles. The van der Waals surface area contributed by atoms with E-state index in [1.165, 1.54) is 30.6 Å². The van der Waals surface area contributed by atoms with Gasteiger partial charge >= 0.3 is 0 Å². The maximum Gasteiger partial charge on any atom is 0.111 e. The van der Waals surface area contributed by atoms with E-state index >= 15 is 0 Å². The SMILES string of the molecule is Cc1cn(-c2ccc3c(c2)nc2n3CCN(C3CCC3)CC2)c(C)n1. The Hall–Kier alpha value is -2.14. The number of rotatable bonds is 2. The van der Waals surface area contributed by atoms with E-state index in [0.717, 1.165) is 54.8 Å². The van der Waals surface area contributed by atoms with Crippen molar-refractivity contribution in [2.45, 2.75) is 52.1 Å². The van der Waals surface area contributed by atoms with Gasteiger partial charge in [-0.25, -0.2) is 9.97 Å². The van der Waals surface area contributed by atoms with Crippen LogP contribution in [0.15, 0.2) is 24.4 Å². The first-order valence-electron chi connectivity index (χ1n) is 9.45. The van der Waals surface area contributed by atoms with Crippen LogP contribution in [0.5, 0.6) is 0 Å². The predicted molar refractivity (Wildman–Crippen MR) is 99.2 cm³/mol. The van der Waals surface area contributed by atoms with Crippen LogP contribution in [0.3, 0.4) is 0 Å². The highest BCUT2D eigenvalue weighted by atomic mass is 15.2. The van der Waals surface area contributed by atoms with E-state index in [4.69, 9.17) is 4.98 Å². The summed E-state index contributed by atoms with van der Waals surface area (Å²) >= 11 is 0. The van der Waals surface area contributed by atoms with Gasteiger partial charge in [0.15, 0.2) is 0 Å². The van der Waals surface area contributed by atoms with Crippen LogP contribution in [0.4, 0.5) is 0 Å². The second kappa shape index (κ2) is 5.70. The second-order valence-electron chi connectivity index (χ2n) is 7.52. The molecule has 0 amide bonds. The maximum absolute atomic E-state index is 4.98. The Morgan fingerprint density at radius 3 is 2.64 bits per heavy atom. The minimum absolute atomic E-state index is 0.829. The summed E-state index contributed by atoms with van der Waals surface area (Å²) < 4.78 is 4.58. The molecule has 0 bridgehead atoms. The van der Waals surface area contributed by atoms with Crippen molar-refractivity contribution >= 4 is 11.0 Å².